The average Bonchev–Trinajstić information content (AvgIpc) is 2.58. The molecular weight excluding hydrogens is 242 g/mol. The van der Waals surface area contributed by atoms with Crippen LogP contribution in [0.1, 0.15) is 27.7 Å². The molecule has 1 saturated heterocycles. The number of carbonyl (C=O) groups is 3. The predicted octanol–water partition coefficient (Wildman–Crippen LogP) is 0.367. The molecule has 1 rings (SSSR count). The molecule has 0 aromatic heterocycles. The van der Waals surface area contributed by atoms with E-state index >= 15 is 0 Å². The molecule has 1 heterocycles. The Kier molecular flexibility index (Phi) is 4.52. The van der Waals surface area contributed by atoms with Crippen LogP contribution in [0, 0.1) is 0 Å². The van der Waals surface area contributed by atoms with Gasteiger partial charge in [0, 0.05) is 0 Å². The van der Waals surface area contributed by atoms with Gasteiger partial charge in [-0.1, -0.05) is 0 Å². The molecule has 0 aromatic carbocycles. The first kappa shape index (κ1) is 14.3. The van der Waals surface area contributed by atoms with E-state index in [4.69, 9.17) is 14.2 Å². The van der Waals surface area contributed by atoms with E-state index in [0.29, 0.717) is 0 Å². The zero-order valence-electron chi connectivity index (χ0n) is 10.8. The van der Waals surface area contributed by atoms with Crippen molar-refractivity contribution in [1.82, 2.24) is 5.32 Å². The van der Waals surface area contributed by atoms with Crippen LogP contribution in [0.15, 0.2) is 0 Å². The number of ether oxygens (including phenoxy) is 3. The van der Waals surface area contributed by atoms with E-state index in [0.717, 1.165) is 0 Å². The van der Waals surface area contributed by atoms with Crippen LogP contribution in [0.4, 0.5) is 4.79 Å². The van der Waals surface area contributed by atoms with Crippen LogP contribution < -0.4 is 5.32 Å². The fraction of sp³-hybridized carbons (Fsp3) is 0.727. The Bertz CT molecular complexity index is 319. The number of alkyl carbamates (subject to hydrolysis) is 1. The van der Waals surface area contributed by atoms with Gasteiger partial charge in [0.2, 0.25) is 6.10 Å². The van der Waals surface area contributed by atoms with Crippen LogP contribution in [0.5, 0.6) is 0 Å². The maximum Gasteiger partial charge on any atom is 0.408 e. The molecule has 0 bridgehead atoms. The Morgan fingerprint density at radius 2 is 1.61 bits per heavy atom. The van der Waals surface area contributed by atoms with Crippen molar-refractivity contribution in [3.63, 3.8) is 0 Å². The van der Waals surface area contributed by atoms with E-state index in [9.17, 15) is 14.4 Å². The summed E-state index contributed by atoms with van der Waals surface area (Å²) < 4.78 is 14.5. The molecule has 0 aromatic rings. The van der Waals surface area contributed by atoms with Crippen LogP contribution in [0.25, 0.3) is 0 Å². The molecule has 102 valence electrons. The van der Waals surface area contributed by atoms with E-state index in [1.165, 1.54) is 0 Å². The SMILES string of the molecule is CC(C)OC(=O)[C@@H]1NC(=O)O[C@H]1C(=O)OC(C)C. The fourth-order valence-corrected chi connectivity index (χ4v) is 1.39. The smallest absolute Gasteiger partial charge is 0.408 e. The maximum atomic E-state index is 11.7. The number of amides is 1. The second-order valence-electron chi connectivity index (χ2n) is 4.42. The van der Waals surface area contributed by atoms with Gasteiger partial charge in [0.05, 0.1) is 12.2 Å². The van der Waals surface area contributed by atoms with Crippen molar-refractivity contribution in [2.24, 2.45) is 0 Å². The van der Waals surface area contributed by atoms with Gasteiger partial charge in [-0.05, 0) is 27.7 Å². The Labute approximate surface area is 105 Å². The fourth-order valence-electron chi connectivity index (χ4n) is 1.39. The molecule has 0 unspecified atom stereocenters. The first-order valence-electron chi connectivity index (χ1n) is 5.69. The lowest BCUT2D eigenvalue weighted by Gasteiger charge is -2.17. The topological polar surface area (TPSA) is 90.9 Å². The Balaban J connectivity index is 2.72. The van der Waals surface area contributed by atoms with E-state index in [1.807, 2.05) is 0 Å². The highest BCUT2D eigenvalue weighted by atomic mass is 16.6. The minimum absolute atomic E-state index is 0.350. The minimum Gasteiger partial charge on any atom is -0.461 e. The van der Waals surface area contributed by atoms with E-state index in [1.54, 1.807) is 27.7 Å². The normalized spacial score (nSPS) is 22.7. The zero-order valence-corrected chi connectivity index (χ0v) is 10.8. The quantitative estimate of drug-likeness (QED) is 0.579. The van der Waals surface area contributed by atoms with Gasteiger partial charge in [-0.2, -0.15) is 0 Å². The summed E-state index contributed by atoms with van der Waals surface area (Å²) in [5, 5.41) is 2.23. The molecule has 18 heavy (non-hydrogen) atoms. The van der Waals surface area contributed by atoms with E-state index < -0.39 is 30.2 Å². The van der Waals surface area contributed by atoms with Gasteiger partial charge in [0.15, 0.2) is 6.04 Å². The summed E-state index contributed by atoms with van der Waals surface area (Å²) in [6, 6.07) is -1.16. The van der Waals surface area contributed by atoms with Crippen molar-refractivity contribution in [3.8, 4) is 0 Å². The second-order valence-corrected chi connectivity index (χ2v) is 4.42. The van der Waals surface area contributed by atoms with Gasteiger partial charge in [-0.25, -0.2) is 14.4 Å². The molecule has 7 nitrogen and oxygen atoms in total. The number of carbonyl (C=O) groups excluding carboxylic acids is 3. The molecule has 7 heteroatoms. The predicted molar refractivity (Wildman–Crippen MR) is 59.6 cm³/mol. The number of cyclic esters (lactones) is 1. The molecule has 1 aliphatic rings. The lowest BCUT2D eigenvalue weighted by atomic mass is 10.2. The third kappa shape index (κ3) is 3.61. The lowest BCUT2D eigenvalue weighted by Crippen LogP contribution is -2.45. The molecule has 1 N–H and O–H groups in total. The number of hydrogen-bond donors (Lipinski definition) is 1. The lowest BCUT2D eigenvalue weighted by molar-refractivity contribution is -0.163. The van der Waals surface area contributed by atoms with Crippen LogP contribution >= 0.6 is 0 Å². The van der Waals surface area contributed by atoms with Crippen molar-refractivity contribution in [1.29, 1.82) is 0 Å². The molecule has 0 aliphatic carbocycles. The molecule has 1 aliphatic heterocycles. The Morgan fingerprint density at radius 3 is 2.11 bits per heavy atom. The summed E-state index contributed by atoms with van der Waals surface area (Å²) in [5.74, 6) is -1.49. The molecule has 0 radical (unpaired) electrons. The Hall–Kier alpha value is -1.79. The van der Waals surface area contributed by atoms with Crippen LogP contribution in [-0.4, -0.2) is 42.4 Å². The van der Waals surface area contributed by atoms with Gasteiger partial charge in [-0.15, -0.1) is 0 Å². The van der Waals surface area contributed by atoms with Crippen LogP contribution in [0.2, 0.25) is 0 Å². The average molecular weight is 259 g/mol. The zero-order chi connectivity index (χ0) is 13.9. The second kappa shape index (κ2) is 5.70. The standard InChI is InChI=1S/C11H17NO6/c1-5(2)16-9(13)7-8(18-11(15)12-7)10(14)17-6(3)4/h5-8H,1-4H3,(H,12,15)/t7-,8-/m1/s1. The molecule has 0 saturated carbocycles. The van der Waals surface area contributed by atoms with Crippen LogP contribution in [0.3, 0.4) is 0 Å². The van der Waals surface area contributed by atoms with Gasteiger partial charge < -0.3 is 19.5 Å². The van der Waals surface area contributed by atoms with Crippen molar-refractivity contribution in [2.45, 2.75) is 52.0 Å². The van der Waals surface area contributed by atoms with Crippen molar-refractivity contribution >= 4 is 18.0 Å². The van der Waals surface area contributed by atoms with Gasteiger partial charge >= 0.3 is 18.0 Å². The van der Waals surface area contributed by atoms with Crippen LogP contribution in [-0.2, 0) is 23.8 Å². The van der Waals surface area contributed by atoms with E-state index in [2.05, 4.69) is 5.32 Å². The molecular formula is C11H17NO6. The monoisotopic (exact) mass is 259 g/mol. The summed E-state index contributed by atoms with van der Waals surface area (Å²) in [6.45, 7) is 6.64. The summed E-state index contributed by atoms with van der Waals surface area (Å²) in [6.07, 6.45) is -2.85. The number of esters is 2. The first-order valence-corrected chi connectivity index (χ1v) is 5.69. The molecule has 1 fully saturated rings. The number of nitrogens with one attached hydrogen (secondary N) is 1. The largest absolute Gasteiger partial charge is 0.461 e. The summed E-state index contributed by atoms with van der Waals surface area (Å²) in [4.78, 5) is 34.4. The first-order chi connectivity index (χ1) is 8.31. The Morgan fingerprint density at radius 1 is 1.11 bits per heavy atom. The molecule has 0 spiro atoms. The highest BCUT2D eigenvalue weighted by Crippen LogP contribution is 2.14. The summed E-state index contributed by atoms with van der Waals surface area (Å²) >= 11 is 0. The number of rotatable bonds is 4. The minimum atomic E-state index is -1.30. The van der Waals surface area contributed by atoms with Gasteiger partial charge in [0.1, 0.15) is 0 Å². The number of hydrogen-bond acceptors (Lipinski definition) is 6. The summed E-state index contributed by atoms with van der Waals surface area (Å²) in [7, 11) is 0. The molecule has 1 amide bonds. The van der Waals surface area contributed by atoms with Crippen molar-refractivity contribution in [3.05, 3.63) is 0 Å². The molecule has 2 atom stereocenters. The highest BCUT2D eigenvalue weighted by Gasteiger charge is 2.46. The summed E-state index contributed by atoms with van der Waals surface area (Å²) in [5.41, 5.74) is 0. The van der Waals surface area contributed by atoms with E-state index in [-0.39, 0.29) is 12.2 Å². The maximum absolute atomic E-state index is 11.7. The van der Waals surface area contributed by atoms with Gasteiger partial charge in [0.25, 0.3) is 0 Å². The van der Waals surface area contributed by atoms with Crippen molar-refractivity contribution < 1.29 is 28.6 Å². The van der Waals surface area contributed by atoms with Gasteiger partial charge in [-0.3, -0.25) is 0 Å². The van der Waals surface area contributed by atoms with Crippen molar-refractivity contribution in [2.75, 3.05) is 0 Å². The highest BCUT2D eigenvalue weighted by molar-refractivity contribution is 5.93. The third-order valence-corrected chi connectivity index (χ3v) is 2.00. The third-order valence-electron chi connectivity index (χ3n) is 2.00.